The number of pyridine rings is 1. The minimum Gasteiger partial charge on any atom is -0.465 e. The first kappa shape index (κ1) is 13.4. The Bertz CT molecular complexity index is 543. The molecule has 0 radical (unpaired) electrons. The van der Waals surface area contributed by atoms with Crippen LogP contribution in [0, 0.1) is 0 Å². The van der Waals surface area contributed by atoms with E-state index >= 15 is 0 Å². The number of aromatic nitrogens is 1. The van der Waals surface area contributed by atoms with Gasteiger partial charge in [-0.25, -0.2) is 4.79 Å². The first-order valence-corrected chi connectivity index (χ1v) is 6.18. The van der Waals surface area contributed by atoms with Crippen molar-refractivity contribution in [1.82, 2.24) is 10.3 Å². The number of carboxylic acid groups (broad SMARTS) is 1. The van der Waals surface area contributed by atoms with Crippen molar-refractivity contribution in [3.05, 3.63) is 64.9 Å². The highest BCUT2D eigenvalue weighted by molar-refractivity contribution is 6.30. The monoisotopic (exact) mass is 276 g/mol. The van der Waals surface area contributed by atoms with Gasteiger partial charge in [0.2, 0.25) is 0 Å². The van der Waals surface area contributed by atoms with Gasteiger partial charge in [0.05, 0.1) is 0 Å². The van der Waals surface area contributed by atoms with Crippen LogP contribution in [0.3, 0.4) is 0 Å². The van der Waals surface area contributed by atoms with Gasteiger partial charge in [-0.15, -0.1) is 0 Å². The van der Waals surface area contributed by atoms with Gasteiger partial charge >= 0.3 is 6.09 Å². The average molecular weight is 277 g/mol. The average Bonchev–Trinajstić information content (AvgIpc) is 2.42. The Morgan fingerprint density at radius 1 is 1.26 bits per heavy atom. The summed E-state index contributed by atoms with van der Waals surface area (Å²) in [7, 11) is 0. The third-order valence-electron chi connectivity index (χ3n) is 2.77. The summed E-state index contributed by atoms with van der Waals surface area (Å²) < 4.78 is 0. The SMILES string of the molecule is O=C(O)NCC(c1ccc(Cl)cc1)c1ccccn1. The molecule has 1 atom stereocenters. The van der Waals surface area contributed by atoms with Crippen LogP contribution < -0.4 is 5.32 Å². The van der Waals surface area contributed by atoms with E-state index in [0.717, 1.165) is 11.3 Å². The molecule has 2 aromatic rings. The van der Waals surface area contributed by atoms with E-state index in [1.165, 1.54) is 0 Å². The van der Waals surface area contributed by atoms with Crippen molar-refractivity contribution in [2.24, 2.45) is 0 Å². The number of nitrogens with zero attached hydrogens (tertiary/aromatic N) is 1. The largest absolute Gasteiger partial charge is 0.465 e. The predicted molar refractivity (Wildman–Crippen MR) is 73.6 cm³/mol. The molecule has 1 aromatic carbocycles. The lowest BCUT2D eigenvalue weighted by atomic mass is 9.95. The zero-order valence-electron chi connectivity index (χ0n) is 10.1. The normalized spacial score (nSPS) is 11.8. The molecule has 0 aliphatic rings. The van der Waals surface area contributed by atoms with Gasteiger partial charge in [-0.1, -0.05) is 29.8 Å². The van der Waals surface area contributed by atoms with Gasteiger partial charge in [-0.2, -0.15) is 0 Å². The highest BCUT2D eigenvalue weighted by atomic mass is 35.5. The van der Waals surface area contributed by atoms with Crippen LogP contribution in [0.25, 0.3) is 0 Å². The van der Waals surface area contributed by atoms with Gasteiger partial charge in [0.25, 0.3) is 0 Å². The fourth-order valence-electron chi connectivity index (χ4n) is 1.86. The van der Waals surface area contributed by atoms with Gasteiger partial charge < -0.3 is 10.4 Å². The standard InChI is InChI=1S/C14H13ClN2O2/c15-11-6-4-10(5-7-11)12(9-17-14(18)19)13-3-1-2-8-16-13/h1-8,12,17H,9H2,(H,18,19). The molecule has 4 nitrogen and oxygen atoms in total. The van der Waals surface area contributed by atoms with Crippen LogP contribution in [0.5, 0.6) is 0 Å². The summed E-state index contributed by atoms with van der Waals surface area (Å²) in [4.78, 5) is 15.0. The molecule has 2 N–H and O–H groups in total. The topological polar surface area (TPSA) is 62.2 Å². The quantitative estimate of drug-likeness (QED) is 0.902. The maximum absolute atomic E-state index is 10.7. The highest BCUT2D eigenvalue weighted by Gasteiger charge is 2.16. The first-order valence-electron chi connectivity index (χ1n) is 5.80. The molecular weight excluding hydrogens is 264 g/mol. The zero-order chi connectivity index (χ0) is 13.7. The summed E-state index contributed by atoms with van der Waals surface area (Å²) in [5.74, 6) is -0.130. The second-order valence-corrected chi connectivity index (χ2v) is 4.48. The molecule has 98 valence electrons. The van der Waals surface area contributed by atoms with E-state index < -0.39 is 6.09 Å². The van der Waals surface area contributed by atoms with Gasteiger partial charge in [-0.05, 0) is 29.8 Å². The van der Waals surface area contributed by atoms with Crippen molar-refractivity contribution in [3.63, 3.8) is 0 Å². The number of hydrogen-bond donors (Lipinski definition) is 2. The van der Waals surface area contributed by atoms with E-state index in [9.17, 15) is 4.79 Å². The Morgan fingerprint density at radius 3 is 2.58 bits per heavy atom. The van der Waals surface area contributed by atoms with Crippen molar-refractivity contribution in [1.29, 1.82) is 0 Å². The van der Waals surface area contributed by atoms with E-state index in [-0.39, 0.29) is 12.5 Å². The van der Waals surface area contributed by atoms with E-state index in [1.807, 2.05) is 30.3 Å². The molecule has 19 heavy (non-hydrogen) atoms. The summed E-state index contributed by atoms with van der Waals surface area (Å²) in [6.45, 7) is 0.272. The molecule has 1 unspecified atom stereocenters. The van der Waals surface area contributed by atoms with Crippen LogP contribution >= 0.6 is 11.6 Å². The smallest absolute Gasteiger partial charge is 0.404 e. The molecule has 1 aromatic heterocycles. The molecule has 0 saturated heterocycles. The number of benzene rings is 1. The molecule has 0 fully saturated rings. The van der Waals surface area contributed by atoms with Crippen LogP contribution in [-0.2, 0) is 0 Å². The van der Waals surface area contributed by atoms with Gasteiger partial charge in [0.15, 0.2) is 0 Å². The Hall–Kier alpha value is -2.07. The van der Waals surface area contributed by atoms with Crippen molar-refractivity contribution < 1.29 is 9.90 Å². The van der Waals surface area contributed by atoms with Crippen molar-refractivity contribution >= 4 is 17.7 Å². The van der Waals surface area contributed by atoms with Gasteiger partial charge in [0, 0.05) is 29.4 Å². The minimum atomic E-state index is -1.05. The molecule has 1 heterocycles. The Kier molecular flexibility index (Phi) is 4.36. The van der Waals surface area contributed by atoms with Crippen molar-refractivity contribution in [3.8, 4) is 0 Å². The summed E-state index contributed by atoms with van der Waals surface area (Å²) in [5, 5.41) is 11.8. The fraction of sp³-hybridized carbons (Fsp3) is 0.143. The Labute approximate surface area is 116 Å². The number of amides is 1. The zero-order valence-corrected chi connectivity index (χ0v) is 10.8. The minimum absolute atomic E-state index is 0.130. The molecule has 2 rings (SSSR count). The van der Waals surface area contributed by atoms with Crippen LogP contribution in [-0.4, -0.2) is 22.7 Å². The molecule has 0 bridgehead atoms. The highest BCUT2D eigenvalue weighted by Crippen LogP contribution is 2.23. The number of halogens is 1. The maximum Gasteiger partial charge on any atom is 0.404 e. The first-order chi connectivity index (χ1) is 9.16. The molecule has 0 spiro atoms. The van der Waals surface area contributed by atoms with E-state index in [2.05, 4.69) is 10.3 Å². The molecule has 0 aliphatic carbocycles. The van der Waals surface area contributed by atoms with E-state index in [1.54, 1.807) is 18.3 Å². The predicted octanol–water partition coefficient (Wildman–Crippen LogP) is 3.13. The van der Waals surface area contributed by atoms with Gasteiger partial charge in [0.1, 0.15) is 0 Å². The van der Waals surface area contributed by atoms with Crippen molar-refractivity contribution in [2.75, 3.05) is 6.54 Å². The lowest BCUT2D eigenvalue weighted by Crippen LogP contribution is -2.27. The molecule has 1 amide bonds. The van der Waals surface area contributed by atoms with Gasteiger partial charge in [-0.3, -0.25) is 4.98 Å². The third kappa shape index (κ3) is 3.69. The second kappa shape index (κ2) is 6.20. The number of hydrogen-bond acceptors (Lipinski definition) is 2. The van der Waals surface area contributed by atoms with Crippen LogP contribution in [0.4, 0.5) is 4.79 Å². The van der Waals surface area contributed by atoms with E-state index in [4.69, 9.17) is 16.7 Å². The third-order valence-corrected chi connectivity index (χ3v) is 3.03. The van der Waals surface area contributed by atoms with Crippen LogP contribution in [0.1, 0.15) is 17.2 Å². The number of nitrogens with one attached hydrogen (secondary N) is 1. The molecular formula is C14H13ClN2O2. The summed E-state index contributed by atoms with van der Waals surface area (Å²) >= 11 is 5.86. The Morgan fingerprint density at radius 2 is 2.00 bits per heavy atom. The molecule has 0 aliphatic heterocycles. The fourth-order valence-corrected chi connectivity index (χ4v) is 1.99. The van der Waals surface area contributed by atoms with Crippen LogP contribution in [0.15, 0.2) is 48.7 Å². The second-order valence-electron chi connectivity index (χ2n) is 4.04. The lowest BCUT2D eigenvalue weighted by molar-refractivity contribution is 0.194. The molecule has 0 saturated carbocycles. The summed E-state index contributed by atoms with van der Waals surface area (Å²) in [6, 6.07) is 12.9. The number of carbonyl (C=O) groups is 1. The summed E-state index contributed by atoms with van der Waals surface area (Å²) in [6.07, 6.45) is 0.647. The molecule has 5 heteroatoms. The maximum atomic E-state index is 10.7. The number of rotatable bonds is 4. The van der Waals surface area contributed by atoms with Crippen molar-refractivity contribution in [2.45, 2.75) is 5.92 Å². The van der Waals surface area contributed by atoms with Crippen LogP contribution in [0.2, 0.25) is 5.02 Å². The van der Waals surface area contributed by atoms with E-state index in [0.29, 0.717) is 5.02 Å². The Balaban J connectivity index is 2.28. The summed E-state index contributed by atoms with van der Waals surface area (Å²) in [5.41, 5.74) is 1.79. The lowest BCUT2D eigenvalue weighted by Gasteiger charge is -2.16.